The van der Waals surface area contributed by atoms with Crippen LogP contribution >= 0.6 is 0 Å². The Morgan fingerprint density at radius 3 is 2.29 bits per heavy atom. The van der Waals surface area contributed by atoms with E-state index in [1.54, 1.807) is 0 Å². The standard InChI is InChI=1S/C12H22FN/c1-12(8-11(13)9-14-12)10-6-4-2-3-5-7-10/h10-11,14H,2-9H2,1H3. The summed E-state index contributed by atoms with van der Waals surface area (Å²) in [5, 5.41) is 3.41. The molecule has 0 spiro atoms. The second-order valence-corrected chi connectivity index (χ2v) is 5.29. The molecule has 0 bridgehead atoms. The van der Waals surface area contributed by atoms with Crippen molar-refractivity contribution in [3.63, 3.8) is 0 Å². The molecule has 1 aliphatic heterocycles. The maximum absolute atomic E-state index is 13.2. The van der Waals surface area contributed by atoms with Crippen molar-refractivity contribution in [3.05, 3.63) is 0 Å². The summed E-state index contributed by atoms with van der Waals surface area (Å²) in [6.07, 6.45) is 8.18. The lowest BCUT2D eigenvalue weighted by Crippen LogP contribution is -2.43. The quantitative estimate of drug-likeness (QED) is 0.640. The molecule has 1 heterocycles. The summed E-state index contributed by atoms with van der Waals surface area (Å²) >= 11 is 0. The highest BCUT2D eigenvalue weighted by Gasteiger charge is 2.40. The minimum Gasteiger partial charge on any atom is -0.308 e. The molecule has 1 N–H and O–H groups in total. The van der Waals surface area contributed by atoms with E-state index in [1.165, 1.54) is 38.5 Å². The van der Waals surface area contributed by atoms with E-state index in [9.17, 15) is 4.39 Å². The van der Waals surface area contributed by atoms with Crippen LogP contribution in [0.25, 0.3) is 0 Å². The predicted molar refractivity (Wildman–Crippen MR) is 57.1 cm³/mol. The molecule has 82 valence electrons. The number of hydrogen-bond acceptors (Lipinski definition) is 1. The number of hydrogen-bond donors (Lipinski definition) is 1. The Kier molecular flexibility index (Phi) is 3.10. The van der Waals surface area contributed by atoms with Crippen molar-refractivity contribution in [2.75, 3.05) is 6.54 Å². The zero-order valence-corrected chi connectivity index (χ0v) is 9.19. The van der Waals surface area contributed by atoms with E-state index in [-0.39, 0.29) is 5.54 Å². The van der Waals surface area contributed by atoms with Crippen LogP contribution in [0.2, 0.25) is 0 Å². The monoisotopic (exact) mass is 199 g/mol. The van der Waals surface area contributed by atoms with Gasteiger partial charge in [0.05, 0.1) is 0 Å². The van der Waals surface area contributed by atoms with Gasteiger partial charge in [-0.2, -0.15) is 0 Å². The third-order valence-electron chi connectivity index (χ3n) is 4.13. The van der Waals surface area contributed by atoms with Crippen LogP contribution < -0.4 is 5.32 Å². The van der Waals surface area contributed by atoms with Crippen LogP contribution in [0.4, 0.5) is 4.39 Å². The highest BCUT2D eigenvalue weighted by molar-refractivity contribution is 4.98. The van der Waals surface area contributed by atoms with Crippen LogP contribution in [-0.2, 0) is 0 Å². The van der Waals surface area contributed by atoms with E-state index in [4.69, 9.17) is 0 Å². The van der Waals surface area contributed by atoms with Crippen LogP contribution in [0.15, 0.2) is 0 Å². The van der Waals surface area contributed by atoms with Gasteiger partial charge in [0.1, 0.15) is 6.17 Å². The zero-order valence-electron chi connectivity index (χ0n) is 9.19. The summed E-state index contributed by atoms with van der Waals surface area (Å²) in [4.78, 5) is 0. The average Bonchev–Trinajstić information content (AvgIpc) is 2.45. The smallest absolute Gasteiger partial charge is 0.114 e. The Balaban J connectivity index is 1.97. The molecule has 0 aromatic heterocycles. The van der Waals surface area contributed by atoms with Crippen LogP contribution in [0.3, 0.4) is 0 Å². The van der Waals surface area contributed by atoms with E-state index in [1.807, 2.05) is 0 Å². The van der Waals surface area contributed by atoms with E-state index in [0.29, 0.717) is 12.5 Å². The molecule has 0 aromatic carbocycles. The van der Waals surface area contributed by atoms with Gasteiger partial charge in [0.15, 0.2) is 0 Å². The predicted octanol–water partition coefficient (Wildman–Crippen LogP) is 3.05. The fraction of sp³-hybridized carbons (Fsp3) is 1.00. The molecule has 2 atom stereocenters. The second kappa shape index (κ2) is 4.18. The van der Waals surface area contributed by atoms with Crippen LogP contribution in [-0.4, -0.2) is 18.3 Å². The van der Waals surface area contributed by atoms with Crippen LogP contribution in [0.5, 0.6) is 0 Å². The lowest BCUT2D eigenvalue weighted by molar-refractivity contribution is 0.221. The Morgan fingerprint density at radius 2 is 1.79 bits per heavy atom. The summed E-state index contributed by atoms with van der Waals surface area (Å²) in [5.74, 6) is 0.714. The van der Waals surface area contributed by atoms with Gasteiger partial charge in [0.25, 0.3) is 0 Å². The third-order valence-corrected chi connectivity index (χ3v) is 4.13. The number of alkyl halides is 1. The second-order valence-electron chi connectivity index (χ2n) is 5.29. The number of nitrogens with one attached hydrogen (secondary N) is 1. The Hall–Kier alpha value is -0.110. The highest BCUT2D eigenvalue weighted by atomic mass is 19.1. The van der Waals surface area contributed by atoms with Crippen molar-refractivity contribution in [3.8, 4) is 0 Å². The van der Waals surface area contributed by atoms with Gasteiger partial charge in [-0.1, -0.05) is 25.7 Å². The first kappa shape index (κ1) is 10.4. The number of halogens is 1. The minimum absolute atomic E-state index is 0.101. The molecule has 2 aliphatic rings. The summed E-state index contributed by atoms with van der Waals surface area (Å²) in [6, 6.07) is 0. The fourth-order valence-corrected chi connectivity index (χ4v) is 3.18. The summed E-state index contributed by atoms with van der Waals surface area (Å²) < 4.78 is 13.2. The van der Waals surface area contributed by atoms with Gasteiger partial charge >= 0.3 is 0 Å². The van der Waals surface area contributed by atoms with Gasteiger partial charge < -0.3 is 5.32 Å². The SMILES string of the molecule is CC1(C2CCCCCC2)CC(F)CN1. The molecule has 14 heavy (non-hydrogen) atoms. The van der Waals surface area contributed by atoms with Gasteiger partial charge in [-0.05, 0) is 32.1 Å². The van der Waals surface area contributed by atoms with Crippen molar-refractivity contribution in [1.29, 1.82) is 0 Å². The van der Waals surface area contributed by atoms with Gasteiger partial charge in [0.2, 0.25) is 0 Å². The molecule has 1 aliphatic carbocycles. The van der Waals surface area contributed by atoms with Crippen molar-refractivity contribution in [2.45, 2.75) is 63.6 Å². The van der Waals surface area contributed by atoms with Gasteiger partial charge in [0, 0.05) is 12.1 Å². The summed E-state index contributed by atoms with van der Waals surface area (Å²) in [7, 11) is 0. The Bertz CT molecular complexity index is 187. The average molecular weight is 199 g/mol. The van der Waals surface area contributed by atoms with E-state index < -0.39 is 6.17 Å². The maximum atomic E-state index is 13.2. The largest absolute Gasteiger partial charge is 0.308 e. The first-order valence-corrected chi connectivity index (χ1v) is 6.10. The molecule has 1 saturated heterocycles. The molecule has 2 fully saturated rings. The third kappa shape index (κ3) is 2.10. The molecule has 2 heteroatoms. The molecule has 2 rings (SSSR count). The first-order valence-electron chi connectivity index (χ1n) is 6.10. The molecule has 0 aromatic rings. The molecule has 2 unspecified atom stereocenters. The van der Waals surface area contributed by atoms with Crippen molar-refractivity contribution < 1.29 is 4.39 Å². The van der Waals surface area contributed by atoms with E-state index >= 15 is 0 Å². The zero-order chi connectivity index (χ0) is 10.0. The molecule has 0 amide bonds. The number of rotatable bonds is 1. The van der Waals surface area contributed by atoms with Crippen molar-refractivity contribution in [2.24, 2.45) is 5.92 Å². The molecular formula is C12H22FN. The Morgan fingerprint density at radius 1 is 1.14 bits per heavy atom. The molecular weight excluding hydrogens is 177 g/mol. The van der Waals surface area contributed by atoms with Crippen molar-refractivity contribution >= 4 is 0 Å². The van der Waals surface area contributed by atoms with E-state index in [0.717, 1.165) is 6.42 Å². The topological polar surface area (TPSA) is 12.0 Å². The first-order chi connectivity index (χ1) is 6.71. The molecule has 0 radical (unpaired) electrons. The summed E-state index contributed by atoms with van der Waals surface area (Å²) in [5.41, 5.74) is 0.101. The van der Waals surface area contributed by atoms with Gasteiger partial charge in [-0.25, -0.2) is 4.39 Å². The molecule has 1 saturated carbocycles. The fourth-order valence-electron chi connectivity index (χ4n) is 3.18. The van der Waals surface area contributed by atoms with Crippen LogP contribution in [0.1, 0.15) is 51.9 Å². The highest BCUT2D eigenvalue weighted by Crippen LogP contribution is 2.37. The minimum atomic E-state index is -0.608. The lowest BCUT2D eigenvalue weighted by atomic mass is 9.79. The summed E-state index contributed by atoms with van der Waals surface area (Å²) in [6.45, 7) is 2.80. The van der Waals surface area contributed by atoms with Gasteiger partial charge in [-0.3, -0.25) is 0 Å². The van der Waals surface area contributed by atoms with E-state index in [2.05, 4.69) is 12.2 Å². The Labute approximate surface area is 86.5 Å². The maximum Gasteiger partial charge on any atom is 0.114 e. The normalized spacial score (nSPS) is 41.1. The molecule has 1 nitrogen and oxygen atoms in total. The lowest BCUT2D eigenvalue weighted by Gasteiger charge is -2.33. The van der Waals surface area contributed by atoms with Crippen LogP contribution in [0, 0.1) is 5.92 Å². The van der Waals surface area contributed by atoms with Gasteiger partial charge in [-0.15, -0.1) is 0 Å². The van der Waals surface area contributed by atoms with Crippen molar-refractivity contribution in [1.82, 2.24) is 5.32 Å².